The quantitative estimate of drug-likeness (QED) is 0.558. The largest absolute Gasteiger partial charge is 0.438 e. The van der Waals surface area contributed by atoms with Crippen molar-refractivity contribution in [2.45, 2.75) is 72.5 Å². The number of nitrogens with zero attached hydrogens (tertiary/aromatic N) is 2. The number of aryl methyl sites for hydroxylation is 3. The first-order chi connectivity index (χ1) is 14.0. The van der Waals surface area contributed by atoms with Crippen LogP contribution in [0, 0.1) is 20.8 Å². The number of carbonyl (C=O) groups is 1. The van der Waals surface area contributed by atoms with E-state index in [9.17, 15) is 18.0 Å². The predicted molar refractivity (Wildman–Crippen MR) is 110 cm³/mol. The summed E-state index contributed by atoms with van der Waals surface area (Å²) in [5, 5.41) is 0. The van der Waals surface area contributed by atoms with Crippen molar-refractivity contribution in [3.8, 4) is 11.6 Å². The van der Waals surface area contributed by atoms with Gasteiger partial charge in [-0.15, -0.1) is 0 Å². The second-order valence-corrected chi connectivity index (χ2v) is 7.94. The van der Waals surface area contributed by atoms with Crippen LogP contribution < -0.4 is 9.64 Å². The van der Waals surface area contributed by atoms with Gasteiger partial charge in [-0.1, -0.05) is 13.8 Å². The van der Waals surface area contributed by atoms with E-state index >= 15 is 0 Å². The van der Waals surface area contributed by atoms with Crippen LogP contribution in [0.25, 0.3) is 0 Å². The molecule has 162 valence electrons. The molecule has 0 spiro atoms. The van der Waals surface area contributed by atoms with Gasteiger partial charge in [-0.2, -0.15) is 13.2 Å². The van der Waals surface area contributed by atoms with Crippen LogP contribution >= 0.6 is 0 Å². The second kappa shape index (κ2) is 7.93. The molecule has 4 nitrogen and oxygen atoms in total. The second-order valence-electron chi connectivity index (χ2n) is 7.94. The van der Waals surface area contributed by atoms with Crippen LogP contribution in [0.3, 0.4) is 0 Å². The molecule has 0 bridgehead atoms. The minimum atomic E-state index is -4.42. The van der Waals surface area contributed by atoms with Crippen LogP contribution in [-0.4, -0.2) is 16.9 Å². The predicted octanol–water partition coefficient (Wildman–Crippen LogP) is 6.46. The maximum absolute atomic E-state index is 13.1. The number of carbonyl (C=O) groups excluding carboxylic acids is 1. The number of amides is 1. The molecular weight excluding hydrogens is 393 g/mol. The Balaban J connectivity index is 2.11. The number of alkyl halides is 3. The lowest BCUT2D eigenvalue weighted by Gasteiger charge is -2.27. The first-order valence-corrected chi connectivity index (χ1v) is 10.2. The molecule has 1 aromatic heterocycles. The zero-order valence-electron chi connectivity index (χ0n) is 18.1. The van der Waals surface area contributed by atoms with Crippen LogP contribution in [0.1, 0.15) is 67.5 Å². The first kappa shape index (κ1) is 22.1. The molecule has 1 unspecified atom stereocenters. The van der Waals surface area contributed by atoms with E-state index in [1.807, 2.05) is 38.7 Å². The zero-order chi connectivity index (χ0) is 22.4. The minimum absolute atomic E-state index is 0.00295. The van der Waals surface area contributed by atoms with E-state index in [-0.39, 0.29) is 17.8 Å². The number of fused-ring (bicyclic) bond motifs is 1. The SMILES string of the molecule is CCC(CC)N1C(=O)C(C)c2c1cc(C)nc2Oc1c(C)cc(C(F)(F)F)cc1C. The Bertz CT molecular complexity index is 958. The molecule has 1 amide bonds. The Morgan fingerprint density at radius 2 is 1.67 bits per heavy atom. The van der Waals surface area contributed by atoms with Gasteiger partial charge in [0.2, 0.25) is 11.8 Å². The van der Waals surface area contributed by atoms with Gasteiger partial charge in [0.15, 0.2) is 0 Å². The van der Waals surface area contributed by atoms with Crippen molar-refractivity contribution in [1.82, 2.24) is 4.98 Å². The molecule has 1 aliphatic rings. The monoisotopic (exact) mass is 420 g/mol. The van der Waals surface area contributed by atoms with Crippen LogP contribution in [0.15, 0.2) is 18.2 Å². The fourth-order valence-corrected chi connectivity index (χ4v) is 4.17. The van der Waals surface area contributed by atoms with Gasteiger partial charge in [-0.3, -0.25) is 4.79 Å². The Morgan fingerprint density at radius 1 is 1.10 bits per heavy atom. The molecule has 1 aromatic carbocycles. The Kier molecular flexibility index (Phi) is 5.85. The first-order valence-electron chi connectivity index (χ1n) is 10.2. The summed E-state index contributed by atoms with van der Waals surface area (Å²) in [6.07, 6.45) is -2.78. The van der Waals surface area contributed by atoms with Crippen LogP contribution in [0.5, 0.6) is 11.6 Å². The summed E-state index contributed by atoms with van der Waals surface area (Å²) in [7, 11) is 0. The third-order valence-corrected chi connectivity index (χ3v) is 5.72. The fraction of sp³-hybridized carbons (Fsp3) is 0.478. The van der Waals surface area contributed by atoms with Crippen LogP contribution in [-0.2, 0) is 11.0 Å². The van der Waals surface area contributed by atoms with Gasteiger partial charge in [0.05, 0.1) is 22.7 Å². The van der Waals surface area contributed by atoms with Crippen molar-refractivity contribution < 1.29 is 22.7 Å². The van der Waals surface area contributed by atoms with Crippen molar-refractivity contribution in [2.75, 3.05) is 4.90 Å². The average Bonchev–Trinajstić information content (AvgIpc) is 2.89. The van der Waals surface area contributed by atoms with Gasteiger partial charge in [0.25, 0.3) is 0 Å². The average molecular weight is 420 g/mol. The Hall–Kier alpha value is -2.57. The topological polar surface area (TPSA) is 42.4 Å². The van der Waals surface area contributed by atoms with Gasteiger partial charge < -0.3 is 9.64 Å². The highest BCUT2D eigenvalue weighted by Gasteiger charge is 2.41. The van der Waals surface area contributed by atoms with Gasteiger partial charge in [0, 0.05) is 11.7 Å². The molecular formula is C23H27F3N2O2. The van der Waals surface area contributed by atoms with E-state index in [1.165, 1.54) is 0 Å². The summed E-state index contributed by atoms with van der Waals surface area (Å²) in [5.41, 5.74) is 2.18. The number of hydrogen-bond donors (Lipinski definition) is 0. The van der Waals surface area contributed by atoms with Crippen LogP contribution in [0.2, 0.25) is 0 Å². The lowest BCUT2D eigenvalue weighted by atomic mass is 10.0. The zero-order valence-corrected chi connectivity index (χ0v) is 18.1. The highest BCUT2D eigenvalue weighted by atomic mass is 19.4. The number of hydrogen-bond acceptors (Lipinski definition) is 3. The summed E-state index contributed by atoms with van der Waals surface area (Å²) in [5.74, 6) is 0.185. The third kappa shape index (κ3) is 3.77. The fourth-order valence-electron chi connectivity index (χ4n) is 4.17. The van der Waals surface area contributed by atoms with Gasteiger partial charge >= 0.3 is 6.18 Å². The van der Waals surface area contributed by atoms with Crippen molar-refractivity contribution >= 4 is 11.6 Å². The molecule has 7 heteroatoms. The lowest BCUT2D eigenvalue weighted by Crippen LogP contribution is -2.37. The summed E-state index contributed by atoms with van der Waals surface area (Å²) in [6, 6.07) is 4.10. The highest BCUT2D eigenvalue weighted by molar-refractivity contribution is 6.06. The standard InChI is InChI=1S/C23H27F3N2O2/c1-7-17(8-2)28-18-11-14(5)27-21(19(18)15(6)22(28)29)30-20-12(3)9-16(10-13(20)4)23(24,25)26/h9-11,15,17H,7-8H2,1-6H3. The molecule has 3 rings (SSSR count). The Morgan fingerprint density at radius 3 is 2.17 bits per heavy atom. The summed E-state index contributed by atoms with van der Waals surface area (Å²) < 4.78 is 45.5. The molecule has 1 aliphatic heterocycles. The van der Waals surface area contributed by atoms with E-state index in [2.05, 4.69) is 4.98 Å². The Labute approximate surface area is 175 Å². The van der Waals surface area contributed by atoms with E-state index < -0.39 is 17.7 Å². The maximum atomic E-state index is 13.1. The smallest absolute Gasteiger partial charge is 0.416 e. The number of ether oxygens (including phenoxy) is 1. The molecule has 0 N–H and O–H groups in total. The normalized spacial score (nSPS) is 16.4. The number of rotatable bonds is 5. The molecule has 0 radical (unpaired) electrons. The van der Waals surface area contributed by atoms with Crippen molar-refractivity contribution in [2.24, 2.45) is 0 Å². The van der Waals surface area contributed by atoms with Gasteiger partial charge in [-0.25, -0.2) is 4.98 Å². The van der Waals surface area contributed by atoms with Gasteiger partial charge in [-0.05, 0) is 69.9 Å². The van der Waals surface area contributed by atoms with E-state index in [0.29, 0.717) is 28.1 Å². The molecule has 0 saturated heterocycles. The molecule has 2 heterocycles. The highest BCUT2D eigenvalue weighted by Crippen LogP contribution is 2.46. The number of pyridine rings is 1. The number of halogens is 3. The lowest BCUT2D eigenvalue weighted by molar-refractivity contribution is -0.137. The van der Waals surface area contributed by atoms with E-state index in [4.69, 9.17) is 4.74 Å². The molecule has 0 fully saturated rings. The molecule has 1 atom stereocenters. The van der Waals surface area contributed by atoms with E-state index in [1.54, 1.807) is 13.8 Å². The summed E-state index contributed by atoms with van der Waals surface area (Å²) in [6.45, 7) is 10.9. The molecule has 30 heavy (non-hydrogen) atoms. The molecule has 0 aliphatic carbocycles. The minimum Gasteiger partial charge on any atom is -0.438 e. The molecule has 0 saturated carbocycles. The van der Waals surface area contributed by atoms with Crippen LogP contribution in [0.4, 0.5) is 18.9 Å². The number of anilines is 1. The van der Waals surface area contributed by atoms with E-state index in [0.717, 1.165) is 30.7 Å². The van der Waals surface area contributed by atoms with Gasteiger partial charge in [0.1, 0.15) is 5.75 Å². The number of benzene rings is 1. The third-order valence-electron chi connectivity index (χ3n) is 5.72. The maximum Gasteiger partial charge on any atom is 0.416 e. The van der Waals surface area contributed by atoms with Crippen molar-refractivity contribution in [3.63, 3.8) is 0 Å². The van der Waals surface area contributed by atoms with Crippen molar-refractivity contribution in [3.05, 3.63) is 46.1 Å². The number of aromatic nitrogens is 1. The summed E-state index contributed by atoms with van der Waals surface area (Å²) >= 11 is 0. The molecule has 2 aromatic rings. The summed E-state index contributed by atoms with van der Waals surface area (Å²) in [4.78, 5) is 19.4. The van der Waals surface area contributed by atoms with Crippen molar-refractivity contribution in [1.29, 1.82) is 0 Å².